The number of hydrogen-bond acceptors (Lipinski definition) is 4. The second-order valence-corrected chi connectivity index (χ2v) is 6.78. The maximum Gasteiger partial charge on any atom is 0.259 e. The Morgan fingerprint density at radius 3 is 2.92 bits per heavy atom. The number of piperidine rings is 1. The normalized spacial score (nSPS) is 18.0. The molecule has 0 aliphatic carbocycles. The minimum atomic E-state index is 0.0154. The Hall–Kier alpha value is -2.70. The van der Waals surface area contributed by atoms with Crippen molar-refractivity contribution in [3.8, 4) is 0 Å². The lowest BCUT2D eigenvalue weighted by molar-refractivity contribution is 0.0585. The van der Waals surface area contributed by atoms with Gasteiger partial charge in [-0.1, -0.05) is 0 Å². The molecule has 0 radical (unpaired) electrons. The van der Waals surface area contributed by atoms with E-state index in [0.29, 0.717) is 11.2 Å². The SMILES string of the molecule is Cc1cnn(CC2CCCCN2C(=O)c2cnn3ccc(C)nc23)c1. The van der Waals surface area contributed by atoms with Gasteiger partial charge in [-0.05, 0) is 44.7 Å². The van der Waals surface area contributed by atoms with E-state index in [9.17, 15) is 4.79 Å². The molecular weight excluding hydrogens is 316 g/mol. The van der Waals surface area contributed by atoms with E-state index in [1.807, 2.05) is 48.1 Å². The first-order valence-electron chi connectivity index (χ1n) is 8.73. The monoisotopic (exact) mass is 338 g/mol. The summed E-state index contributed by atoms with van der Waals surface area (Å²) in [5, 5.41) is 8.65. The number of carbonyl (C=O) groups is 1. The standard InChI is InChI=1S/C18H22N6O/c1-13-9-19-22(11-13)12-15-5-3-4-7-23(15)18(25)16-10-20-24-8-6-14(2)21-17(16)24/h6,8-11,15H,3-5,7,12H2,1-2H3. The Balaban J connectivity index is 1.62. The Morgan fingerprint density at radius 1 is 1.24 bits per heavy atom. The fourth-order valence-corrected chi connectivity index (χ4v) is 3.51. The lowest BCUT2D eigenvalue weighted by Gasteiger charge is -2.35. The van der Waals surface area contributed by atoms with E-state index in [1.165, 1.54) is 0 Å². The van der Waals surface area contributed by atoms with Crippen molar-refractivity contribution in [3.63, 3.8) is 0 Å². The molecule has 1 aliphatic heterocycles. The number of amides is 1. The summed E-state index contributed by atoms with van der Waals surface area (Å²) in [6.45, 7) is 5.45. The van der Waals surface area contributed by atoms with Crippen LogP contribution in [0.15, 0.2) is 30.9 Å². The van der Waals surface area contributed by atoms with Crippen LogP contribution in [0.3, 0.4) is 0 Å². The topological polar surface area (TPSA) is 68.3 Å². The van der Waals surface area contributed by atoms with Crippen LogP contribution >= 0.6 is 0 Å². The summed E-state index contributed by atoms with van der Waals surface area (Å²) < 4.78 is 3.60. The van der Waals surface area contributed by atoms with Crippen LogP contribution in [-0.4, -0.2) is 47.8 Å². The van der Waals surface area contributed by atoms with Gasteiger partial charge in [-0.3, -0.25) is 9.48 Å². The predicted octanol–water partition coefficient (Wildman–Crippen LogP) is 2.24. The van der Waals surface area contributed by atoms with Gasteiger partial charge in [-0.25, -0.2) is 9.50 Å². The number of aryl methyl sites for hydroxylation is 2. The van der Waals surface area contributed by atoms with Crippen molar-refractivity contribution >= 4 is 11.6 Å². The molecule has 1 amide bonds. The molecule has 7 nitrogen and oxygen atoms in total. The number of rotatable bonds is 3. The Bertz CT molecular complexity index is 911. The molecule has 1 fully saturated rings. The fourth-order valence-electron chi connectivity index (χ4n) is 3.51. The van der Waals surface area contributed by atoms with Crippen LogP contribution < -0.4 is 0 Å². The van der Waals surface area contributed by atoms with Crippen LogP contribution in [0.5, 0.6) is 0 Å². The van der Waals surface area contributed by atoms with E-state index in [2.05, 4.69) is 15.2 Å². The third kappa shape index (κ3) is 3.01. The van der Waals surface area contributed by atoms with E-state index >= 15 is 0 Å². The first kappa shape index (κ1) is 15.8. The number of hydrogen-bond donors (Lipinski definition) is 0. The number of carbonyl (C=O) groups excluding carboxylic acids is 1. The van der Waals surface area contributed by atoms with Crippen molar-refractivity contribution in [2.75, 3.05) is 6.54 Å². The highest BCUT2D eigenvalue weighted by molar-refractivity contribution is 5.99. The van der Waals surface area contributed by atoms with E-state index in [4.69, 9.17) is 0 Å². The van der Waals surface area contributed by atoms with Crippen LogP contribution in [0.25, 0.3) is 5.65 Å². The van der Waals surface area contributed by atoms with Gasteiger partial charge < -0.3 is 4.90 Å². The van der Waals surface area contributed by atoms with Crippen LogP contribution in [0.1, 0.15) is 40.9 Å². The predicted molar refractivity (Wildman–Crippen MR) is 93.4 cm³/mol. The van der Waals surface area contributed by atoms with Gasteiger partial charge in [-0.15, -0.1) is 0 Å². The second kappa shape index (κ2) is 6.31. The molecule has 4 heterocycles. The molecule has 1 aliphatic rings. The number of nitrogens with zero attached hydrogens (tertiary/aromatic N) is 6. The summed E-state index contributed by atoms with van der Waals surface area (Å²) in [5.74, 6) is 0.0154. The molecule has 0 N–H and O–H groups in total. The highest BCUT2D eigenvalue weighted by atomic mass is 16.2. The van der Waals surface area contributed by atoms with Gasteiger partial charge in [0.25, 0.3) is 5.91 Å². The molecule has 4 rings (SSSR count). The summed E-state index contributed by atoms with van der Waals surface area (Å²) in [7, 11) is 0. The quantitative estimate of drug-likeness (QED) is 0.734. The highest BCUT2D eigenvalue weighted by Gasteiger charge is 2.30. The summed E-state index contributed by atoms with van der Waals surface area (Å²) in [4.78, 5) is 19.7. The second-order valence-electron chi connectivity index (χ2n) is 6.78. The summed E-state index contributed by atoms with van der Waals surface area (Å²) in [6, 6.07) is 2.04. The zero-order chi connectivity index (χ0) is 17.4. The largest absolute Gasteiger partial charge is 0.334 e. The lowest BCUT2D eigenvalue weighted by atomic mass is 10.0. The van der Waals surface area contributed by atoms with Gasteiger partial charge in [0.05, 0.1) is 25.0 Å². The molecule has 1 atom stereocenters. The third-order valence-electron chi connectivity index (χ3n) is 4.79. The van der Waals surface area contributed by atoms with Crippen molar-refractivity contribution in [3.05, 3.63) is 47.7 Å². The van der Waals surface area contributed by atoms with Crippen molar-refractivity contribution in [2.24, 2.45) is 0 Å². The molecule has 3 aromatic rings. The van der Waals surface area contributed by atoms with Crippen molar-refractivity contribution in [2.45, 2.75) is 45.7 Å². The molecular formula is C18H22N6O. The number of aromatic nitrogens is 5. The first-order chi connectivity index (χ1) is 12.1. The fraction of sp³-hybridized carbons (Fsp3) is 0.444. The lowest BCUT2D eigenvalue weighted by Crippen LogP contribution is -2.46. The molecule has 7 heteroatoms. The van der Waals surface area contributed by atoms with Crippen LogP contribution in [0, 0.1) is 13.8 Å². The van der Waals surface area contributed by atoms with E-state index in [-0.39, 0.29) is 11.9 Å². The average Bonchev–Trinajstić information content (AvgIpc) is 3.20. The summed E-state index contributed by atoms with van der Waals surface area (Å²) >= 11 is 0. The van der Waals surface area contributed by atoms with Crippen molar-refractivity contribution in [1.82, 2.24) is 29.3 Å². The van der Waals surface area contributed by atoms with Crippen molar-refractivity contribution < 1.29 is 4.79 Å². The maximum absolute atomic E-state index is 13.2. The molecule has 0 saturated carbocycles. The average molecular weight is 338 g/mol. The van der Waals surface area contributed by atoms with Gasteiger partial charge >= 0.3 is 0 Å². The molecule has 25 heavy (non-hydrogen) atoms. The van der Waals surface area contributed by atoms with Crippen molar-refractivity contribution in [1.29, 1.82) is 0 Å². The molecule has 1 saturated heterocycles. The van der Waals surface area contributed by atoms with Crippen LogP contribution in [0.2, 0.25) is 0 Å². The van der Waals surface area contributed by atoms with Crippen LogP contribution in [0.4, 0.5) is 0 Å². The Morgan fingerprint density at radius 2 is 2.12 bits per heavy atom. The minimum absolute atomic E-state index is 0.0154. The van der Waals surface area contributed by atoms with E-state index < -0.39 is 0 Å². The van der Waals surface area contributed by atoms with E-state index in [1.54, 1.807) is 10.7 Å². The zero-order valence-corrected chi connectivity index (χ0v) is 14.6. The zero-order valence-electron chi connectivity index (χ0n) is 14.6. The first-order valence-corrected chi connectivity index (χ1v) is 8.73. The summed E-state index contributed by atoms with van der Waals surface area (Å²) in [5.41, 5.74) is 3.22. The molecule has 0 bridgehead atoms. The highest BCUT2D eigenvalue weighted by Crippen LogP contribution is 2.22. The third-order valence-corrected chi connectivity index (χ3v) is 4.79. The van der Waals surface area contributed by atoms with Crippen LogP contribution in [-0.2, 0) is 6.54 Å². The van der Waals surface area contributed by atoms with Gasteiger partial charge in [0, 0.05) is 24.6 Å². The van der Waals surface area contributed by atoms with Gasteiger partial charge in [0.1, 0.15) is 5.56 Å². The van der Waals surface area contributed by atoms with Gasteiger partial charge in [0.15, 0.2) is 5.65 Å². The minimum Gasteiger partial charge on any atom is -0.334 e. The Labute approximate surface area is 146 Å². The number of likely N-dealkylation sites (tertiary alicyclic amines) is 1. The van der Waals surface area contributed by atoms with Gasteiger partial charge in [0.2, 0.25) is 0 Å². The molecule has 0 aromatic carbocycles. The van der Waals surface area contributed by atoms with Gasteiger partial charge in [-0.2, -0.15) is 10.2 Å². The molecule has 0 spiro atoms. The summed E-state index contributed by atoms with van der Waals surface area (Å²) in [6.07, 6.45) is 10.5. The van der Waals surface area contributed by atoms with E-state index in [0.717, 1.165) is 43.6 Å². The molecule has 130 valence electrons. The Kier molecular flexibility index (Phi) is 3.99. The molecule has 3 aromatic heterocycles. The maximum atomic E-state index is 13.2. The molecule has 1 unspecified atom stereocenters. The smallest absolute Gasteiger partial charge is 0.259 e. The number of fused-ring (bicyclic) bond motifs is 1.